The van der Waals surface area contributed by atoms with Gasteiger partial charge in [0, 0.05) is 12.3 Å². The summed E-state index contributed by atoms with van der Waals surface area (Å²) in [5, 5.41) is 19.9. The van der Waals surface area contributed by atoms with E-state index in [1.165, 1.54) is 18.4 Å². The van der Waals surface area contributed by atoms with E-state index in [2.05, 4.69) is 40.7 Å². The van der Waals surface area contributed by atoms with Gasteiger partial charge in [-0.05, 0) is 78.9 Å². The lowest BCUT2D eigenvalue weighted by atomic mass is 9.47. The monoisotopic (exact) mass is 461 g/mol. The molecule has 0 aromatic carbocycles. The van der Waals surface area contributed by atoms with Gasteiger partial charge < -0.3 is 14.9 Å². The number of carboxylic acid groups (broad SMARTS) is 1. The Hall–Kier alpha value is -1.07. The van der Waals surface area contributed by atoms with E-state index < -0.39 is 11.9 Å². The molecule has 0 aromatic rings. The Labute approximate surface area is 200 Å². The molecule has 1 unspecified atom stereocenters. The Morgan fingerprint density at radius 3 is 2.58 bits per heavy atom. The third-order valence-electron chi connectivity index (χ3n) is 10.6. The van der Waals surface area contributed by atoms with Crippen molar-refractivity contribution in [2.75, 3.05) is 0 Å². The molecule has 3 fully saturated rings. The van der Waals surface area contributed by atoms with Gasteiger partial charge in [-0.1, -0.05) is 65.5 Å². The van der Waals surface area contributed by atoms with Gasteiger partial charge in [0.2, 0.25) is 0 Å². The lowest BCUT2D eigenvalue weighted by Crippen LogP contribution is -2.54. The Morgan fingerprint density at radius 1 is 1.18 bits per heavy atom. The Kier molecular flexibility index (Phi) is 6.72. The number of allylic oxidation sites excluding steroid dienone is 1. The van der Waals surface area contributed by atoms with Crippen molar-refractivity contribution in [2.45, 2.75) is 111 Å². The molecular formula is C28H47NO4. The maximum absolute atomic E-state index is 11.8. The molecule has 0 spiro atoms. The number of fused-ring (bicyclic) bond motifs is 5. The van der Waals surface area contributed by atoms with E-state index in [0.29, 0.717) is 36.0 Å². The second-order valence-electron chi connectivity index (χ2n) is 13.0. The molecule has 33 heavy (non-hydrogen) atoms. The molecule has 0 heterocycles. The van der Waals surface area contributed by atoms with Crippen LogP contribution in [-0.2, 0) is 4.74 Å². The lowest BCUT2D eigenvalue weighted by Gasteiger charge is -2.58. The summed E-state index contributed by atoms with van der Waals surface area (Å²) in [7, 11) is 0. The van der Waals surface area contributed by atoms with E-state index in [4.69, 9.17) is 10.5 Å². The minimum Gasteiger partial charge on any atom is -0.450 e. The summed E-state index contributed by atoms with van der Waals surface area (Å²) in [6.07, 6.45) is 11.1. The number of nitrogens with two attached hydrogens (primary N) is 1. The molecule has 0 aliphatic heterocycles. The van der Waals surface area contributed by atoms with Crippen LogP contribution in [0.4, 0.5) is 4.79 Å². The van der Waals surface area contributed by atoms with Crippen LogP contribution < -0.4 is 5.73 Å². The highest BCUT2D eigenvalue weighted by Crippen LogP contribution is 2.69. The van der Waals surface area contributed by atoms with Crippen molar-refractivity contribution < 1.29 is 19.7 Å². The average molecular weight is 462 g/mol. The smallest absolute Gasteiger partial charge is 0.450 e. The highest BCUT2D eigenvalue weighted by molar-refractivity contribution is 5.57. The zero-order valence-corrected chi connectivity index (χ0v) is 21.5. The summed E-state index contributed by atoms with van der Waals surface area (Å²) in [5.74, 6) is 2.53. The van der Waals surface area contributed by atoms with E-state index >= 15 is 0 Å². The fourth-order valence-electron chi connectivity index (χ4n) is 9.20. The molecule has 4 N–H and O–H groups in total. The van der Waals surface area contributed by atoms with E-state index in [9.17, 15) is 15.0 Å². The third kappa shape index (κ3) is 4.26. The molecule has 5 heteroatoms. The number of hydrogen-bond donors (Lipinski definition) is 3. The van der Waals surface area contributed by atoms with Crippen LogP contribution in [0.15, 0.2) is 11.6 Å². The molecular weight excluding hydrogens is 414 g/mol. The molecule has 5 nitrogen and oxygen atoms in total. The minimum atomic E-state index is -1.24. The van der Waals surface area contributed by atoms with Gasteiger partial charge >= 0.3 is 6.16 Å². The standard InChI is InChI=1S/C28H47NO4/c1-17(2)7-6-8-18(3)24-27(5)14-12-22-21(23(27)16-28(24,29)33-25(31)32)10-9-19-15-20(30)11-13-26(19,22)4/h9,17-18,20-24,30H,6-8,10-16,29H2,1-5H3,(H,31,32)/t18-,20+,21-,22+,23+,24-,26+,27+,28?/m1/s1. The largest absolute Gasteiger partial charge is 0.507 e. The van der Waals surface area contributed by atoms with Gasteiger partial charge in [0.05, 0.1) is 6.10 Å². The molecule has 3 saturated carbocycles. The zero-order valence-electron chi connectivity index (χ0n) is 21.5. The summed E-state index contributed by atoms with van der Waals surface area (Å²) in [6, 6.07) is 0. The Balaban J connectivity index is 1.64. The minimum absolute atomic E-state index is 0.00149. The Morgan fingerprint density at radius 2 is 1.91 bits per heavy atom. The highest BCUT2D eigenvalue weighted by Gasteiger charge is 2.67. The number of aliphatic hydroxyl groups excluding tert-OH is 1. The molecule has 0 radical (unpaired) electrons. The van der Waals surface area contributed by atoms with Crippen molar-refractivity contribution in [1.29, 1.82) is 0 Å². The first-order chi connectivity index (χ1) is 15.4. The first kappa shape index (κ1) is 25.0. The Bertz CT molecular complexity index is 780. The third-order valence-corrected chi connectivity index (χ3v) is 10.6. The van der Waals surface area contributed by atoms with E-state index in [1.807, 2.05) is 0 Å². The van der Waals surface area contributed by atoms with Crippen LogP contribution in [-0.4, -0.2) is 28.2 Å². The number of hydrogen-bond acceptors (Lipinski definition) is 4. The van der Waals surface area contributed by atoms with Gasteiger partial charge in [0.15, 0.2) is 5.72 Å². The van der Waals surface area contributed by atoms with E-state index in [-0.39, 0.29) is 22.9 Å². The van der Waals surface area contributed by atoms with Crippen molar-refractivity contribution in [3.05, 3.63) is 11.6 Å². The van der Waals surface area contributed by atoms with Crippen LogP contribution in [0.25, 0.3) is 0 Å². The van der Waals surface area contributed by atoms with Gasteiger partial charge in [0.25, 0.3) is 0 Å². The van der Waals surface area contributed by atoms with Crippen LogP contribution in [0.1, 0.15) is 98.8 Å². The van der Waals surface area contributed by atoms with Crippen LogP contribution in [0.2, 0.25) is 0 Å². The summed E-state index contributed by atoms with van der Waals surface area (Å²) in [5.41, 5.74) is 7.45. The maximum Gasteiger partial charge on any atom is 0.507 e. The van der Waals surface area contributed by atoms with Crippen molar-refractivity contribution in [1.82, 2.24) is 0 Å². The lowest BCUT2D eigenvalue weighted by molar-refractivity contribution is -0.0898. The van der Waals surface area contributed by atoms with Crippen LogP contribution in [0.3, 0.4) is 0 Å². The summed E-state index contributed by atoms with van der Waals surface area (Å²) >= 11 is 0. The molecule has 0 amide bonds. The maximum atomic E-state index is 11.8. The number of carbonyl (C=O) groups is 1. The number of aliphatic hydroxyl groups is 1. The molecule has 9 atom stereocenters. The summed E-state index contributed by atoms with van der Waals surface area (Å²) in [4.78, 5) is 11.8. The van der Waals surface area contributed by atoms with E-state index in [1.54, 1.807) is 0 Å². The zero-order chi connectivity index (χ0) is 24.2. The SMILES string of the molecule is CC(C)CCC[C@@H](C)[C@H]1C(N)(OC(=O)O)C[C@H]2[C@@H]3CC=C4C[C@@H](O)CC[C@]4(C)[C@H]3CC[C@@]21C. The predicted octanol–water partition coefficient (Wildman–Crippen LogP) is 6.35. The van der Waals surface area contributed by atoms with Crippen molar-refractivity contribution in [3.63, 3.8) is 0 Å². The first-order valence-electron chi connectivity index (χ1n) is 13.5. The quantitative estimate of drug-likeness (QED) is 0.243. The predicted molar refractivity (Wildman–Crippen MR) is 130 cm³/mol. The van der Waals surface area contributed by atoms with Crippen molar-refractivity contribution in [2.24, 2.45) is 52.1 Å². The second-order valence-corrected chi connectivity index (χ2v) is 13.0. The van der Waals surface area contributed by atoms with Crippen LogP contribution in [0, 0.1) is 46.3 Å². The topological polar surface area (TPSA) is 92.8 Å². The molecule has 4 aliphatic carbocycles. The van der Waals surface area contributed by atoms with Crippen LogP contribution >= 0.6 is 0 Å². The molecule has 0 saturated heterocycles. The fourth-order valence-corrected chi connectivity index (χ4v) is 9.20. The van der Waals surface area contributed by atoms with Crippen molar-refractivity contribution in [3.8, 4) is 0 Å². The normalized spacial score (nSPS) is 45.6. The van der Waals surface area contributed by atoms with Crippen LogP contribution in [0.5, 0.6) is 0 Å². The van der Waals surface area contributed by atoms with E-state index in [0.717, 1.165) is 44.9 Å². The van der Waals surface area contributed by atoms with Gasteiger partial charge in [-0.2, -0.15) is 0 Å². The fraction of sp³-hybridized carbons (Fsp3) is 0.893. The second kappa shape index (κ2) is 8.86. The van der Waals surface area contributed by atoms with Gasteiger partial charge in [-0.15, -0.1) is 0 Å². The highest BCUT2D eigenvalue weighted by atomic mass is 16.7. The van der Waals surface area contributed by atoms with Gasteiger partial charge in [-0.3, -0.25) is 5.73 Å². The number of rotatable bonds is 6. The first-order valence-corrected chi connectivity index (χ1v) is 13.5. The number of ether oxygens (including phenoxy) is 1. The molecule has 4 rings (SSSR count). The molecule has 4 aliphatic rings. The molecule has 0 bridgehead atoms. The molecule has 188 valence electrons. The summed E-state index contributed by atoms with van der Waals surface area (Å²) < 4.78 is 5.59. The van der Waals surface area contributed by atoms with Gasteiger partial charge in [-0.25, -0.2) is 4.79 Å². The molecule has 0 aromatic heterocycles. The van der Waals surface area contributed by atoms with Gasteiger partial charge in [0.1, 0.15) is 0 Å². The summed E-state index contributed by atoms with van der Waals surface area (Å²) in [6.45, 7) is 11.6. The van der Waals surface area contributed by atoms with Crippen molar-refractivity contribution >= 4 is 6.16 Å². The average Bonchev–Trinajstić information content (AvgIpc) is 2.93.